The van der Waals surface area contributed by atoms with Crippen molar-refractivity contribution in [3.63, 3.8) is 0 Å². The van der Waals surface area contributed by atoms with Crippen LogP contribution in [0.4, 0.5) is 5.69 Å². The zero-order chi connectivity index (χ0) is 17.2. The lowest BCUT2D eigenvalue weighted by atomic mass is 10.2. The molecule has 0 aromatic heterocycles. The number of rotatable bonds is 5. The van der Waals surface area contributed by atoms with Crippen LogP contribution in [0.5, 0.6) is 0 Å². The van der Waals surface area contributed by atoms with Gasteiger partial charge in [-0.1, -0.05) is 29.5 Å². The number of hydrogen-bond donors (Lipinski definition) is 3. The van der Waals surface area contributed by atoms with E-state index in [4.69, 9.17) is 0 Å². The van der Waals surface area contributed by atoms with Gasteiger partial charge in [0.2, 0.25) is 0 Å². The lowest BCUT2D eigenvalue weighted by Crippen LogP contribution is -2.07. The van der Waals surface area contributed by atoms with Crippen molar-refractivity contribution < 1.29 is 24.4 Å². The molecule has 0 radical (unpaired) electrons. The van der Waals surface area contributed by atoms with Crippen molar-refractivity contribution in [1.82, 2.24) is 0 Å². The monoisotopic (exact) mass is 354 g/mol. The average molecular weight is 354 g/mol. The van der Waals surface area contributed by atoms with Crippen LogP contribution in [-0.4, -0.2) is 25.1 Å². The number of aryl methyl sites for hydroxylation is 1. The van der Waals surface area contributed by atoms with Gasteiger partial charge < -0.3 is 0 Å². The Balaban J connectivity index is 2.47. The summed E-state index contributed by atoms with van der Waals surface area (Å²) in [5.41, 5.74) is -0.961. The van der Waals surface area contributed by atoms with Gasteiger partial charge in [-0.2, -0.15) is 14.7 Å². The Morgan fingerprint density at radius 3 is 2.26 bits per heavy atom. The predicted molar refractivity (Wildman–Crippen MR) is 86.3 cm³/mol. The third-order valence-electron chi connectivity index (χ3n) is 2.93. The highest BCUT2D eigenvalue weighted by atomic mass is 32.2. The summed E-state index contributed by atoms with van der Waals surface area (Å²) in [7, 11) is -4.79. The third-order valence-corrected chi connectivity index (χ3v) is 4.80. The van der Waals surface area contributed by atoms with Gasteiger partial charge in [0.25, 0.3) is 5.69 Å². The Bertz CT molecular complexity index is 757. The van der Waals surface area contributed by atoms with E-state index in [1.54, 1.807) is 12.1 Å². The summed E-state index contributed by atoms with van der Waals surface area (Å²) in [6.45, 7) is 1.91. The molecule has 2 rings (SSSR count). The van der Waals surface area contributed by atoms with Crippen LogP contribution in [0.2, 0.25) is 0 Å². The largest absolute Gasteiger partial charge is 0.483 e. The molecule has 23 heavy (non-hydrogen) atoms. The lowest BCUT2D eigenvalue weighted by Gasteiger charge is -2.08. The quantitative estimate of drug-likeness (QED) is 0.429. The van der Waals surface area contributed by atoms with E-state index in [1.807, 2.05) is 19.1 Å². The van der Waals surface area contributed by atoms with Gasteiger partial charge in [-0.3, -0.25) is 10.1 Å². The first-order chi connectivity index (χ1) is 10.7. The minimum absolute atomic E-state index is 0.283. The second-order valence-corrected chi connectivity index (χ2v) is 7.38. The maximum Gasteiger partial charge on any atom is 0.483 e. The molecular weight excluding hydrogens is 341 g/mol. The molecule has 2 aromatic rings. The van der Waals surface area contributed by atoms with Crippen LogP contribution in [-0.2, 0) is 0 Å². The van der Waals surface area contributed by atoms with Crippen molar-refractivity contribution in [2.24, 2.45) is 0 Å². The smallest absolute Gasteiger partial charge is 0.258 e. The molecule has 0 unspecified atom stereocenters. The van der Waals surface area contributed by atoms with Gasteiger partial charge in [-0.15, -0.1) is 0 Å². The zero-order valence-corrected chi connectivity index (χ0v) is 13.6. The first-order valence-electron chi connectivity index (χ1n) is 6.33. The van der Waals surface area contributed by atoms with Crippen molar-refractivity contribution in [3.8, 4) is 0 Å². The van der Waals surface area contributed by atoms with Gasteiger partial charge in [0.15, 0.2) is 0 Å². The van der Waals surface area contributed by atoms with E-state index in [0.29, 0.717) is 0 Å². The lowest BCUT2D eigenvalue weighted by molar-refractivity contribution is -0.384. The van der Waals surface area contributed by atoms with Crippen LogP contribution in [0, 0.1) is 17.0 Å². The molecule has 0 saturated heterocycles. The van der Waals surface area contributed by atoms with Crippen molar-refractivity contribution in [2.45, 2.75) is 16.7 Å². The van der Waals surface area contributed by atoms with Crippen molar-refractivity contribution in [1.29, 1.82) is 0 Å². The van der Waals surface area contributed by atoms with E-state index in [9.17, 15) is 29.6 Å². The van der Waals surface area contributed by atoms with Crippen LogP contribution in [0.1, 0.15) is 15.9 Å². The first-order valence-corrected chi connectivity index (χ1v) is 8.80. The Labute approximate surface area is 136 Å². The molecule has 0 aliphatic rings. The molecule has 7 nitrogen and oxygen atoms in total. The number of carbonyl (C=O) groups is 1. The van der Waals surface area contributed by atoms with Crippen LogP contribution < -0.4 is 0 Å². The molecule has 0 fully saturated rings. The number of benzene rings is 2. The number of nitro benzene ring substituents is 1. The van der Waals surface area contributed by atoms with Crippen LogP contribution >= 0.6 is 19.7 Å². The SMILES string of the molecule is Cc1ccc(Sc2ccc([N+](=O)[O-])cc2C(=O)[P+](O)(O)O)cc1. The van der Waals surface area contributed by atoms with Crippen molar-refractivity contribution >= 4 is 30.9 Å². The summed E-state index contributed by atoms with van der Waals surface area (Å²) >= 11 is 1.13. The first kappa shape index (κ1) is 17.5. The fraction of sp³-hybridized carbons (Fsp3) is 0.0714. The number of carbonyl (C=O) groups excluding carboxylic acids is 1. The Morgan fingerprint density at radius 1 is 1.13 bits per heavy atom. The molecule has 0 bridgehead atoms. The fourth-order valence-corrected chi connectivity index (χ4v) is 3.29. The van der Waals surface area contributed by atoms with E-state index in [-0.39, 0.29) is 16.1 Å². The molecule has 120 valence electrons. The summed E-state index contributed by atoms with van der Waals surface area (Å²) in [4.78, 5) is 50.7. The van der Waals surface area contributed by atoms with Gasteiger partial charge in [0, 0.05) is 21.9 Å². The number of nitro groups is 1. The van der Waals surface area contributed by atoms with E-state index in [2.05, 4.69) is 0 Å². The van der Waals surface area contributed by atoms with Crippen LogP contribution in [0.3, 0.4) is 0 Å². The molecule has 0 amide bonds. The zero-order valence-electron chi connectivity index (χ0n) is 11.9. The molecule has 0 aliphatic heterocycles. The molecule has 0 saturated carbocycles. The molecular formula is C14H13NO6PS+. The van der Waals surface area contributed by atoms with Crippen LogP contribution in [0.25, 0.3) is 0 Å². The Hall–Kier alpha value is -1.83. The standard InChI is InChI=1S/C14H13NO6PS/c1-9-2-5-11(6-3-9)23-13-7-4-10(15(17)18)8-12(13)14(16)22(19,20)21/h2-8,19-21H,1H3/q+1. The Morgan fingerprint density at radius 2 is 1.74 bits per heavy atom. The molecule has 0 aliphatic carbocycles. The maximum absolute atomic E-state index is 12.0. The summed E-state index contributed by atoms with van der Waals surface area (Å²) < 4.78 is 0. The highest BCUT2D eigenvalue weighted by molar-refractivity contribution is 7.99. The topological polar surface area (TPSA) is 121 Å². The normalized spacial score (nSPS) is 11.3. The van der Waals surface area contributed by atoms with Gasteiger partial charge >= 0.3 is 13.5 Å². The summed E-state index contributed by atoms with van der Waals surface area (Å²) in [5.74, 6) is 0. The fourth-order valence-electron chi connectivity index (χ4n) is 1.78. The van der Waals surface area contributed by atoms with E-state index in [0.717, 1.165) is 28.3 Å². The van der Waals surface area contributed by atoms with Gasteiger partial charge in [0.1, 0.15) is 0 Å². The summed E-state index contributed by atoms with van der Waals surface area (Å²) in [6, 6.07) is 10.8. The van der Waals surface area contributed by atoms with E-state index in [1.165, 1.54) is 12.1 Å². The minimum atomic E-state index is -4.79. The number of non-ortho nitro benzene ring substituents is 1. The predicted octanol–water partition coefficient (Wildman–Crippen LogP) is 2.93. The van der Waals surface area contributed by atoms with Gasteiger partial charge in [0.05, 0.1) is 10.5 Å². The van der Waals surface area contributed by atoms with E-state index < -0.39 is 18.4 Å². The summed E-state index contributed by atoms with van der Waals surface area (Å²) in [6.07, 6.45) is 0. The second-order valence-electron chi connectivity index (χ2n) is 4.73. The molecule has 3 N–H and O–H groups in total. The van der Waals surface area contributed by atoms with Crippen molar-refractivity contribution in [3.05, 3.63) is 63.7 Å². The summed E-state index contributed by atoms with van der Waals surface area (Å²) in [5, 5.41) is 10.8. The highest BCUT2D eigenvalue weighted by Gasteiger charge is 2.45. The van der Waals surface area contributed by atoms with E-state index >= 15 is 0 Å². The number of nitrogens with zero attached hydrogens (tertiary/aromatic N) is 1. The molecule has 0 atom stereocenters. The second kappa shape index (κ2) is 6.74. The Kier molecular flexibility index (Phi) is 5.13. The highest BCUT2D eigenvalue weighted by Crippen LogP contribution is 2.50. The molecule has 0 spiro atoms. The molecule has 9 heteroatoms. The molecule has 2 aromatic carbocycles. The molecule has 0 heterocycles. The van der Waals surface area contributed by atoms with Gasteiger partial charge in [-0.05, 0) is 25.1 Å². The van der Waals surface area contributed by atoms with Gasteiger partial charge in [-0.25, -0.2) is 4.79 Å². The maximum atomic E-state index is 12.0. The van der Waals surface area contributed by atoms with Crippen molar-refractivity contribution in [2.75, 3.05) is 0 Å². The number of hydrogen-bond acceptors (Lipinski definition) is 7. The minimum Gasteiger partial charge on any atom is -0.258 e. The van der Waals surface area contributed by atoms with Crippen LogP contribution in [0.15, 0.2) is 52.3 Å². The third kappa shape index (κ3) is 4.34. The average Bonchev–Trinajstić information content (AvgIpc) is 2.48.